The number of carbonyl (C=O) groups is 1. The van der Waals surface area contributed by atoms with Crippen LogP contribution in [0.15, 0.2) is 22.8 Å². The smallest absolute Gasteiger partial charge is 0.358 e. The van der Waals surface area contributed by atoms with Gasteiger partial charge in [0.1, 0.15) is 5.82 Å². The third-order valence-electron chi connectivity index (χ3n) is 3.16. The summed E-state index contributed by atoms with van der Waals surface area (Å²) in [7, 11) is 1.37. The Bertz CT molecular complexity index is 619. The van der Waals surface area contributed by atoms with Crippen LogP contribution in [0.3, 0.4) is 0 Å². The first-order chi connectivity index (χ1) is 8.70. The average Bonchev–Trinajstić information content (AvgIpc) is 2.65. The Morgan fingerprint density at radius 3 is 3.00 bits per heavy atom. The molecule has 0 radical (unpaired) electrons. The Morgan fingerprint density at radius 2 is 2.39 bits per heavy atom. The number of nitrogens with one attached hydrogen (secondary N) is 1. The van der Waals surface area contributed by atoms with Crippen molar-refractivity contribution >= 4 is 27.4 Å². The van der Waals surface area contributed by atoms with Crippen molar-refractivity contribution in [3.05, 3.63) is 34.3 Å². The minimum atomic E-state index is -0.399. The van der Waals surface area contributed by atoms with Crippen molar-refractivity contribution in [2.24, 2.45) is 0 Å². The van der Waals surface area contributed by atoms with E-state index in [0.717, 1.165) is 28.9 Å². The molecule has 2 aromatic heterocycles. The van der Waals surface area contributed by atoms with Gasteiger partial charge in [-0.05, 0) is 12.1 Å². The van der Waals surface area contributed by atoms with Crippen LogP contribution in [-0.2, 0) is 4.74 Å². The second-order valence-corrected chi connectivity index (χ2v) is 5.18. The number of imidazole rings is 1. The minimum Gasteiger partial charge on any atom is -0.464 e. The third kappa shape index (κ3) is 1.72. The van der Waals surface area contributed by atoms with Gasteiger partial charge in [0.05, 0.1) is 12.6 Å². The molecule has 0 atom stereocenters. The normalized spacial score (nSPS) is 15.7. The summed E-state index contributed by atoms with van der Waals surface area (Å²) in [6.07, 6.45) is 1.92. The van der Waals surface area contributed by atoms with Crippen LogP contribution in [0.4, 0.5) is 0 Å². The van der Waals surface area contributed by atoms with Gasteiger partial charge in [0.15, 0.2) is 5.69 Å². The van der Waals surface area contributed by atoms with E-state index in [-0.39, 0.29) is 0 Å². The molecule has 0 amide bonds. The summed E-state index contributed by atoms with van der Waals surface area (Å²) in [6, 6.07) is 3.82. The Balaban J connectivity index is 2.21. The molecule has 0 bridgehead atoms. The van der Waals surface area contributed by atoms with Crippen LogP contribution in [0.25, 0.3) is 5.52 Å². The van der Waals surface area contributed by atoms with Gasteiger partial charge < -0.3 is 14.5 Å². The summed E-state index contributed by atoms with van der Waals surface area (Å²) < 4.78 is 7.66. The van der Waals surface area contributed by atoms with Gasteiger partial charge in [-0.15, -0.1) is 0 Å². The zero-order chi connectivity index (χ0) is 12.7. The molecule has 2 aromatic rings. The fourth-order valence-electron chi connectivity index (χ4n) is 2.09. The zero-order valence-electron chi connectivity index (χ0n) is 9.81. The number of hydrogen-bond acceptors (Lipinski definition) is 4. The van der Waals surface area contributed by atoms with E-state index in [0.29, 0.717) is 11.6 Å². The maximum Gasteiger partial charge on any atom is 0.358 e. The first kappa shape index (κ1) is 11.7. The van der Waals surface area contributed by atoms with Gasteiger partial charge in [0, 0.05) is 29.7 Å². The van der Waals surface area contributed by atoms with Crippen LogP contribution in [0.2, 0.25) is 0 Å². The lowest BCUT2D eigenvalue weighted by Crippen LogP contribution is -2.40. The van der Waals surface area contributed by atoms with Crippen molar-refractivity contribution in [2.45, 2.75) is 5.92 Å². The van der Waals surface area contributed by atoms with Crippen molar-refractivity contribution in [3.8, 4) is 0 Å². The predicted octanol–water partition coefficient (Wildman–Crippen LogP) is 1.57. The lowest BCUT2D eigenvalue weighted by atomic mass is 10.0. The Kier molecular flexibility index (Phi) is 2.83. The van der Waals surface area contributed by atoms with Crippen LogP contribution < -0.4 is 5.32 Å². The number of aromatic nitrogens is 2. The van der Waals surface area contributed by atoms with Gasteiger partial charge in [-0.3, -0.25) is 0 Å². The average molecular weight is 310 g/mol. The summed E-state index contributed by atoms with van der Waals surface area (Å²) in [4.78, 5) is 16.2. The number of pyridine rings is 1. The summed E-state index contributed by atoms with van der Waals surface area (Å²) in [5.41, 5.74) is 1.15. The van der Waals surface area contributed by atoms with Crippen molar-refractivity contribution in [1.82, 2.24) is 14.7 Å². The van der Waals surface area contributed by atoms with E-state index in [4.69, 9.17) is 4.74 Å². The molecule has 5 nitrogen and oxygen atoms in total. The SMILES string of the molecule is COC(=O)c1nc(C2CNC2)n2ccc(Br)cc12. The van der Waals surface area contributed by atoms with Crippen LogP contribution >= 0.6 is 15.9 Å². The van der Waals surface area contributed by atoms with Crippen molar-refractivity contribution in [3.63, 3.8) is 0 Å². The number of fused-ring (bicyclic) bond motifs is 1. The summed E-state index contributed by atoms with van der Waals surface area (Å²) in [5.74, 6) is 0.873. The maximum atomic E-state index is 11.8. The molecular formula is C12H12BrN3O2. The van der Waals surface area contributed by atoms with E-state index < -0.39 is 5.97 Å². The van der Waals surface area contributed by atoms with Crippen LogP contribution in [0.1, 0.15) is 22.2 Å². The quantitative estimate of drug-likeness (QED) is 0.856. The maximum absolute atomic E-state index is 11.8. The fraction of sp³-hybridized carbons (Fsp3) is 0.333. The van der Waals surface area contributed by atoms with Gasteiger partial charge in [-0.1, -0.05) is 15.9 Å². The van der Waals surface area contributed by atoms with E-state index in [1.165, 1.54) is 7.11 Å². The molecule has 0 aliphatic carbocycles. The standard InChI is InChI=1S/C12H12BrN3O2/c1-18-12(17)10-9-4-8(13)2-3-16(9)11(15-10)7-5-14-6-7/h2-4,7,14H,5-6H2,1H3. The Morgan fingerprint density at radius 1 is 1.61 bits per heavy atom. The predicted molar refractivity (Wildman–Crippen MR) is 69.8 cm³/mol. The number of carbonyl (C=O) groups excluding carboxylic acids is 1. The van der Waals surface area contributed by atoms with E-state index >= 15 is 0 Å². The lowest BCUT2D eigenvalue weighted by molar-refractivity contribution is 0.0596. The highest BCUT2D eigenvalue weighted by Crippen LogP contribution is 2.25. The highest BCUT2D eigenvalue weighted by atomic mass is 79.9. The van der Waals surface area contributed by atoms with Crippen molar-refractivity contribution in [2.75, 3.05) is 20.2 Å². The van der Waals surface area contributed by atoms with Gasteiger partial charge in [0.2, 0.25) is 0 Å². The minimum absolute atomic E-state index is 0.358. The van der Waals surface area contributed by atoms with E-state index in [2.05, 4.69) is 26.2 Å². The molecule has 1 saturated heterocycles. The lowest BCUT2D eigenvalue weighted by Gasteiger charge is -2.25. The van der Waals surface area contributed by atoms with Gasteiger partial charge in [-0.25, -0.2) is 9.78 Å². The van der Waals surface area contributed by atoms with E-state index in [1.807, 2.05) is 22.7 Å². The molecule has 0 unspecified atom stereocenters. The molecule has 0 spiro atoms. The Labute approximate surface area is 112 Å². The van der Waals surface area contributed by atoms with E-state index in [9.17, 15) is 4.79 Å². The molecule has 3 rings (SSSR count). The number of ether oxygens (including phenoxy) is 1. The van der Waals surface area contributed by atoms with Crippen molar-refractivity contribution < 1.29 is 9.53 Å². The molecule has 1 aliphatic rings. The molecule has 18 heavy (non-hydrogen) atoms. The van der Waals surface area contributed by atoms with E-state index in [1.54, 1.807) is 0 Å². The van der Waals surface area contributed by atoms with Crippen LogP contribution in [-0.4, -0.2) is 35.6 Å². The molecule has 6 heteroatoms. The fourth-order valence-corrected chi connectivity index (χ4v) is 2.42. The highest BCUT2D eigenvalue weighted by Gasteiger charge is 2.27. The third-order valence-corrected chi connectivity index (χ3v) is 3.65. The second kappa shape index (κ2) is 4.37. The second-order valence-electron chi connectivity index (χ2n) is 4.27. The largest absolute Gasteiger partial charge is 0.464 e. The molecule has 1 fully saturated rings. The summed E-state index contributed by atoms with van der Waals surface area (Å²) >= 11 is 3.41. The number of esters is 1. The Hall–Kier alpha value is -1.40. The molecular weight excluding hydrogens is 298 g/mol. The summed E-state index contributed by atoms with van der Waals surface area (Å²) in [5, 5.41) is 3.21. The van der Waals surface area contributed by atoms with Gasteiger partial charge in [0.25, 0.3) is 0 Å². The summed E-state index contributed by atoms with van der Waals surface area (Å²) in [6.45, 7) is 1.80. The molecule has 0 saturated carbocycles. The zero-order valence-corrected chi connectivity index (χ0v) is 11.4. The number of halogens is 1. The van der Waals surface area contributed by atoms with Crippen LogP contribution in [0.5, 0.6) is 0 Å². The van der Waals surface area contributed by atoms with Gasteiger partial charge >= 0.3 is 5.97 Å². The molecule has 1 aliphatic heterocycles. The topological polar surface area (TPSA) is 55.6 Å². The highest BCUT2D eigenvalue weighted by molar-refractivity contribution is 9.10. The molecule has 3 heterocycles. The van der Waals surface area contributed by atoms with Gasteiger partial charge in [-0.2, -0.15) is 0 Å². The van der Waals surface area contributed by atoms with Crippen LogP contribution in [0, 0.1) is 0 Å². The monoisotopic (exact) mass is 309 g/mol. The first-order valence-electron chi connectivity index (χ1n) is 5.67. The molecule has 1 N–H and O–H groups in total. The molecule has 94 valence electrons. The number of rotatable bonds is 2. The number of methoxy groups -OCH3 is 1. The number of hydrogen-bond donors (Lipinski definition) is 1. The first-order valence-corrected chi connectivity index (χ1v) is 6.46. The number of nitrogens with zero attached hydrogens (tertiary/aromatic N) is 2. The van der Waals surface area contributed by atoms with Crippen molar-refractivity contribution in [1.29, 1.82) is 0 Å². The molecule has 0 aromatic carbocycles.